The van der Waals surface area contributed by atoms with Gasteiger partial charge < -0.3 is 14.2 Å². The van der Waals surface area contributed by atoms with E-state index in [4.69, 9.17) is 44.3 Å². The van der Waals surface area contributed by atoms with Crippen LogP contribution in [0.1, 0.15) is 18.4 Å². The van der Waals surface area contributed by atoms with Gasteiger partial charge in [0.25, 0.3) is 21.0 Å². The normalized spacial score (nSPS) is 13.0. The molecule has 4 heterocycles. The van der Waals surface area contributed by atoms with Crippen LogP contribution in [-0.2, 0) is 32.6 Å². The van der Waals surface area contributed by atoms with Gasteiger partial charge in [0.1, 0.15) is 11.5 Å². The highest BCUT2D eigenvalue weighted by Crippen LogP contribution is 2.35. The second-order valence-electron chi connectivity index (χ2n) is 10.4. The summed E-state index contributed by atoms with van der Waals surface area (Å²) in [5, 5.41) is 3.94. The Kier molecular flexibility index (Phi) is 12.2. The van der Waals surface area contributed by atoms with E-state index >= 15 is 0 Å². The predicted octanol–water partition coefficient (Wildman–Crippen LogP) is 5.35. The summed E-state index contributed by atoms with van der Waals surface area (Å²) < 4.78 is 61.2. The zero-order chi connectivity index (χ0) is 37.0. The second-order valence-corrected chi connectivity index (χ2v) is 15.1. The van der Waals surface area contributed by atoms with E-state index in [1.807, 2.05) is 0 Å². The van der Waals surface area contributed by atoms with Gasteiger partial charge in [-0.25, -0.2) is 14.1 Å². The van der Waals surface area contributed by atoms with Gasteiger partial charge in [-0.2, -0.15) is 22.9 Å². The molecule has 0 saturated heterocycles. The zero-order valence-corrected chi connectivity index (χ0v) is 31.9. The van der Waals surface area contributed by atoms with Crippen LogP contribution in [0.25, 0.3) is 5.78 Å². The molecule has 15 nitrogen and oxygen atoms in total. The number of ether oxygens (including phenoxy) is 3. The molecule has 0 spiro atoms. The molecule has 0 atom stereocenters. The number of aryl methyl sites for hydroxylation is 1. The Hall–Kier alpha value is -3.88. The quantitative estimate of drug-likeness (QED) is 0.150. The predicted molar refractivity (Wildman–Crippen MR) is 191 cm³/mol. The monoisotopic (exact) mass is 820 g/mol. The lowest BCUT2D eigenvalue weighted by Crippen LogP contribution is -2.31. The van der Waals surface area contributed by atoms with Crippen molar-refractivity contribution < 1.29 is 31.8 Å². The van der Waals surface area contributed by atoms with Crippen molar-refractivity contribution in [3.05, 3.63) is 71.2 Å². The Bertz CT molecular complexity index is 2360. The van der Waals surface area contributed by atoms with Crippen LogP contribution >= 0.6 is 57.9 Å². The SMILES string of the molecule is COC(=O)CSc1cc(/N=c2\sc(=O)n3n2CCCC3)c(F)cc1Cl.COc1cc(OC)n2nc(S(=O)(=O)Nc3c(Cl)ccc(C)c3Cl)nc2n1. The van der Waals surface area contributed by atoms with Crippen LogP contribution in [0.3, 0.4) is 0 Å². The van der Waals surface area contributed by atoms with Crippen molar-refractivity contribution in [3.63, 3.8) is 0 Å². The summed E-state index contributed by atoms with van der Waals surface area (Å²) in [6.45, 7) is 3.05. The second kappa shape index (κ2) is 16.2. The van der Waals surface area contributed by atoms with E-state index in [0.29, 0.717) is 28.3 Å². The maximum absolute atomic E-state index is 14.3. The Morgan fingerprint density at radius 2 is 1.78 bits per heavy atom. The van der Waals surface area contributed by atoms with Gasteiger partial charge in [0.15, 0.2) is 0 Å². The lowest BCUT2D eigenvalue weighted by Gasteiger charge is -2.15. The average Bonchev–Trinajstić information content (AvgIpc) is 3.70. The molecule has 1 aliphatic rings. The molecular formula is C29H28Cl3FN8O7S3. The van der Waals surface area contributed by atoms with Crippen LogP contribution in [0.15, 0.2) is 50.2 Å². The minimum Gasteiger partial charge on any atom is -0.481 e. The van der Waals surface area contributed by atoms with Gasteiger partial charge in [0, 0.05) is 18.0 Å². The minimum absolute atomic E-state index is 0.0111. The minimum atomic E-state index is -4.18. The van der Waals surface area contributed by atoms with Crippen molar-refractivity contribution in [3.8, 4) is 11.8 Å². The highest BCUT2D eigenvalue weighted by Gasteiger charge is 2.25. The molecule has 3 aromatic heterocycles. The van der Waals surface area contributed by atoms with Gasteiger partial charge in [-0.05, 0) is 54.9 Å². The first-order chi connectivity index (χ1) is 24.3. The molecule has 0 amide bonds. The largest absolute Gasteiger partial charge is 0.481 e. The summed E-state index contributed by atoms with van der Waals surface area (Å²) in [6.07, 6.45) is 1.90. The third kappa shape index (κ3) is 8.61. The number of carbonyl (C=O) groups excluding carboxylic acids is 1. The average molecular weight is 822 g/mol. The van der Waals surface area contributed by atoms with Crippen LogP contribution in [0.5, 0.6) is 11.8 Å². The zero-order valence-electron chi connectivity index (χ0n) is 27.1. The van der Waals surface area contributed by atoms with Crippen LogP contribution in [0.2, 0.25) is 15.1 Å². The fraction of sp³-hybridized carbons (Fsp3) is 0.310. The van der Waals surface area contributed by atoms with Gasteiger partial charge in [0.05, 0.1) is 53.9 Å². The first-order valence-corrected chi connectivity index (χ1v) is 19.1. The van der Waals surface area contributed by atoms with Gasteiger partial charge in [0.2, 0.25) is 16.6 Å². The highest BCUT2D eigenvalue weighted by molar-refractivity contribution is 8.00. The number of thioether (sulfide) groups is 1. The molecule has 51 heavy (non-hydrogen) atoms. The molecule has 0 fully saturated rings. The summed E-state index contributed by atoms with van der Waals surface area (Å²) in [6, 6.07) is 7.30. The number of hydrogen-bond donors (Lipinski definition) is 1. The number of nitrogens with one attached hydrogen (secondary N) is 1. The van der Waals surface area contributed by atoms with Crippen LogP contribution in [0.4, 0.5) is 15.8 Å². The molecule has 0 aliphatic carbocycles. The Balaban J connectivity index is 0.000000198. The molecule has 0 saturated carbocycles. The summed E-state index contributed by atoms with van der Waals surface area (Å²) in [7, 11) is -0.0732. The number of sulfonamides is 1. The smallest absolute Gasteiger partial charge is 0.325 e. The molecule has 0 bridgehead atoms. The molecule has 0 radical (unpaired) electrons. The van der Waals surface area contributed by atoms with Crippen LogP contribution in [0, 0.1) is 12.7 Å². The van der Waals surface area contributed by atoms with Gasteiger partial charge in [-0.1, -0.05) is 40.9 Å². The number of halogens is 4. The number of hydrogen-bond acceptors (Lipinski definition) is 13. The van der Waals surface area contributed by atoms with Crippen molar-refractivity contribution in [1.29, 1.82) is 0 Å². The lowest BCUT2D eigenvalue weighted by molar-refractivity contribution is -0.137. The number of carbonyl (C=O) groups is 1. The lowest BCUT2D eigenvalue weighted by atomic mass is 10.2. The number of esters is 1. The van der Waals surface area contributed by atoms with Crippen molar-refractivity contribution >= 4 is 91.0 Å². The van der Waals surface area contributed by atoms with E-state index in [0.717, 1.165) is 46.5 Å². The van der Waals surface area contributed by atoms with E-state index in [1.165, 1.54) is 39.5 Å². The van der Waals surface area contributed by atoms with E-state index < -0.39 is 27.0 Å². The summed E-state index contributed by atoms with van der Waals surface area (Å²) in [5.74, 6) is -0.535. The first-order valence-electron chi connectivity index (χ1n) is 14.6. The standard InChI is InChI=1S/C15H15ClFN3O3S2.C14H13Cl2N5O4S/c1-23-13(21)8-24-12-7-11(10(17)6-9(12)16)18-14-19-4-2-3-5-20(19)15(22)25-14;1-7-4-5-8(15)12(11(7)16)20-26(22,23)14-18-13-17-9(24-2)6-10(25-3)21(13)19-14/h6-7H,2-5,8H2,1H3;4-6,20H,1-3H3/b18-14-;. The maximum atomic E-state index is 14.3. The number of aromatic nitrogens is 6. The Labute approximate surface area is 313 Å². The number of rotatable bonds is 9. The fourth-order valence-corrected chi connectivity index (χ4v) is 8.06. The molecule has 6 rings (SSSR count). The van der Waals surface area contributed by atoms with Crippen molar-refractivity contribution in [1.82, 2.24) is 28.9 Å². The highest BCUT2D eigenvalue weighted by atomic mass is 35.5. The van der Waals surface area contributed by atoms with Crippen LogP contribution in [-0.4, -0.2) is 70.4 Å². The van der Waals surface area contributed by atoms with E-state index in [2.05, 4.69) is 29.5 Å². The topological polar surface area (TPSA) is 173 Å². The third-order valence-electron chi connectivity index (χ3n) is 7.10. The number of benzene rings is 2. The summed E-state index contributed by atoms with van der Waals surface area (Å²) >= 11 is 20.4. The van der Waals surface area contributed by atoms with Crippen molar-refractivity contribution in [2.75, 3.05) is 31.8 Å². The summed E-state index contributed by atoms with van der Waals surface area (Å²) in [4.78, 5) is 36.5. The molecule has 1 aliphatic heterocycles. The molecule has 1 N–H and O–H groups in total. The Morgan fingerprint density at radius 3 is 2.47 bits per heavy atom. The van der Waals surface area contributed by atoms with E-state index in [1.54, 1.807) is 22.4 Å². The number of anilines is 1. The van der Waals surface area contributed by atoms with Gasteiger partial charge in [-0.15, -0.1) is 16.9 Å². The van der Waals surface area contributed by atoms with Gasteiger partial charge in [-0.3, -0.25) is 19.0 Å². The number of fused-ring (bicyclic) bond motifs is 2. The van der Waals surface area contributed by atoms with E-state index in [-0.39, 0.29) is 54.6 Å². The molecule has 2 aromatic carbocycles. The van der Waals surface area contributed by atoms with Crippen molar-refractivity contribution in [2.45, 2.75) is 42.9 Å². The molecule has 22 heteroatoms. The van der Waals surface area contributed by atoms with Crippen LogP contribution < -0.4 is 23.9 Å². The van der Waals surface area contributed by atoms with E-state index in [9.17, 15) is 22.4 Å². The molecular weight excluding hydrogens is 794 g/mol. The first kappa shape index (κ1) is 38.4. The van der Waals surface area contributed by atoms with Crippen molar-refractivity contribution in [2.24, 2.45) is 4.99 Å². The molecule has 5 aromatic rings. The number of nitrogens with zero attached hydrogens (tertiary/aromatic N) is 7. The number of methoxy groups -OCH3 is 3. The summed E-state index contributed by atoms with van der Waals surface area (Å²) in [5.41, 5.74) is 0.786. The third-order valence-corrected chi connectivity index (χ3v) is 11.3. The fourth-order valence-electron chi connectivity index (χ4n) is 4.53. The molecule has 272 valence electrons. The van der Waals surface area contributed by atoms with Gasteiger partial charge >= 0.3 is 10.8 Å². The molecule has 0 unspecified atom stereocenters. The Morgan fingerprint density at radius 1 is 1.06 bits per heavy atom. The maximum Gasteiger partial charge on any atom is 0.325 e.